The van der Waals surface area contributed by atoms with Crippen LogP contribution in [0.25, 0.3) is 11.5 Å². The average Bonchev–Trinajstić information content (AvgIpc) is 2.97. The lowest BCUT2D eigenvalue weighted by Gasteiger charge is -2.06. The van der Waals surface area contributed by atoms with Gasteiger partial charge in [-0.3, -0.25) is 4.79 Å². The van der Waals surface area contributed by atoms with E-state index in [9.17, 15) is 4.79 Å². The standard InChI is InChI=1S/C21H22N2O3/c1-4-25-17-11-9-16(10-12-17)22-20(24)13-19-15(3)26-21(23-19)18-8-6-5-7-14(18)2/h5-12H,4,13H2,1-3H3,(H,22,24). The van der Waals surface area contributed by atoms with Gasteiger partial charge in [-0.15, -0.1) is 0 Å². The third-order valence-corrected chi connectivity index (χ3v) is 4.05. The summed E-state index contributed by atoms with van der Waals surface area (Å²) < 4.78 is 11.2. The number of nitrogens with zero attached hydrogens (tertiary/aromatic N) is 1. The summed E-state index contributed by atoms with van der Waals surface area (Å²) in [5.74, 6) is 1.84. The molecule has 1 aromatic heterocycles. The van der Waals surface area contributed by atoms with Crippen molar-refractivity contribution in [1.82, 2.24) is 4.98 Å². The van der Waals surface area contributed by atoms with E-state index >= 15 is 0 Å². The normalized spacial score (nSPS) is 10.6. The lowest BCUT2D eigenvalue weighted by molar-refractivity contribution is -0.115. The molecule has 0 spiro atoms. The van der Waals surface area contributed by atoms with Crippen LogP contribution in [0.1, 0.15) is 23.9 Å². The lowest BCUT2D eigenvalue weighted by Crippen LogP contribution is -2.15. The van der Waals surface area contributed by atoms with Gasteiger partial charge in [0.2, 0.25) is 11.8 Å². The second kappa shape index (κ2) is 7.87. The molecule has 0 radical (unpaired) electrons. The highest BCUT2D eigenvalue weighted by Crippen LogP contribution is 2.25. The summed E-state index contributed by atoms with van der Waals surface area (Å²) in [5, 5.41) is 2.87. The van der Waals surface area contributed by atoms with Gasteiger partial charge in [0.25, 0.3) is 0 Å². The number of ether oxygens (including phenoxy) is 1. The third kappa shape index (κ3) is 4.11. The lowest BCUT2D eigenvalue weighted by atomic mass is 10.1. The molecule has 3 aromatic rings. The molecule has 0 atom stereocenters. The van der Waals surface area contributed by atoms with Crippen molar-refractivity contribution in [3.63, 3.8) is 0 Å². The third-order valence-electron chi connectivity index (χ3n) is 4.05. The quantitative estimate of drug-likeness (QED) is 0.709. The van der Waals surface area contributed by atoms with Crippen molar-refractivity contribution in [1.29, 1.82) is 0 Å². The predicted molar refractivity (Wildman–Crippen MR) is 101 cm³/mol. The number of hydrogen-bond donors (Lipinski definition) is 1. The van der Waals surface area contributed by atoms with Crippen LogP contribution in [0.5, 0.6) is 5.75 Å². The smallest absolute Gasteiger partial charge is 0.230 e. The molecule has 0 unspecified atom stereocenters. The monoisotopic (exact) mass is 350 g/mol. The summed E-state index contributed by atoms with van der Waals surface area (Å²) in [6.45, 7) is 6.38. The number of oxazole rings is 1. The molecule has 5 nitrogen and oxygen atoms in total. The summed E-state index contributed by atoms with van der Waals surface area (Å²) in [4.78, 5) is 16.8. The summed E-state index contributed by atoms with van der Waals surface area (Å²) >= 11 is 0. The van der Waals surface area contributed by atoms with E-state index in [2.05, 4.69) is 10.3 Å². The fraction of sp³-hybridized carbons (Fsp3) is 0.238. The highest BCUT2D eigenvalue weighted by molar-refractivity contribution is 5.92. The van der Waals surface area contributed by atoms with Gasteiger partial charge in [0, 0.05) is 11.3 Å². The van der Waals surface area contributed by atoms with Gasteiger partial charge in [0.15, 0.2) is 0 Å². The molecule has 1 N–H and O–H groups in total. The Hall–Kier alpha value is -3.08. The molecule has 3 rings (SSSR count). The van der Waals surface area contributed by atoms with Crippen molar-refractivity contribution >= 4 is 11.6 Å². The van der Waals surface area contributed by atoms with Gasteiger partial charge in [-0.2, -0.15) is 0 Å². The molecule has 0 aliphatic rings. The second-order valence-corrected chi connectivity index (χ2v) is 6.02. The first-order valence-electron chi connectivity index (χ1n) is 8.62. The van der Waals surface area contributed by atoms with E-state index in [1.54, 1.807) is 0 Å². The molecule has 0 fully saturated rings. The fourth-order valence-electron chi connectivity index (χ4n) is 2.68. The number of anilines is 1. The van der Waals surface area contributed by atoms with Crippen LogP contribution in [-0.4, -0.2) is 17.5 Å². The minimum absolute atomic E-state index is 0.137. The maximum absolute atomic E-state index is 12.3. The van der Waals surface area contributed by atoms with Crippen molar-refractivity contribution in [2.45, 2.75) is 27.2 Å². The van der Waals surface area contributed by atoms with E-state index in [-0.39, 0.29) is 12.3 Å². The molecule has 1 amide bonds. The minimum atomic E-state index is -0.137. The van der Waals surface area contributed by atoms with Crippen LogP contribution in [0.3, 0.4) is 0 Å². The maximum atomic E-state index is 12.3. The number of nitrogens with one attached hydrogen (secondary N) is 1. The number of carbonyl (C=O) groups is 1. The largest absolute Gasteiger partial charge is 0.494 e. The Morgan fingerprint density at radius 1 is 1.12 bits per heavy atom. The molecule has 26 heavy (non-hydrogen) atoms. The van der Waals surface area contributed by atoms with Crippen molar-refractivity contribution in [2.24, 2.45) is 0 Å². The van der Waals surface area contributed by atoms with E-state index in [1.165, 1.54) is 0 Å². The Balaban J connectivity index is 1.69. The number of rotatable bonds is 6. The topological polar surface area (TPSA) is 64.4 Å². The first kappa shape index (κ1) is 17.7. The van der Waals surface area contributed by atoms with Gasteiger partial charge in [0.1, 0.15) is 11.5 Å². The van der Waals surface area contributed by atoms with E-state index < -0.39 is 0 Å². The zero-order valence-corrected chi connectivity index (χ0v) is 15.2. The zero-order chi connectivity index (χ0) is 18.5. The Bertz CT molecular complexity index is 898. The average molecular weight is 350 g/mol. The Morgan fingerprint density at radius 2 is 1.85 bits per heavy atom. The molecule has 0 saturated heterocycles. The molecule has 2 aromatic carbocycles. The van der Waals surface area contributed by atoms with E-state index in [0.29, 0.717) is 24.0 Å². The molecule has 0 aliphatic carbocycles. The van der Waals surface area contributed by atoms with Gasteiger partial charge in [0.05, 0.1) is 18.7 Å². The van der Waals surface area contributed by atoms with Crippen LogP contribution >= 0.6 is 0 Å². The van der Waals surface area contributed by atoms with E-state index in [0.717, 1.165) is 22.6 Å². The molecular weight excluding hydrogens is 328 g/mol. The van der Waals surface area contributed by atoms with Crippen molar-refractivity contribution in [3.05, 3.63) is 65.5 Å². The van der Waals surface area contributed by atoms with Crippen LogP contribution in [0.4, 0.5) is 5.69 Å². The van der Waals surface area contributed by atoms with Gasteiger partial charge in [-0.05, 0) is 56.7 Å². The number of benzene rings is 2. The number of aromatic nitrogens is 1. The van der Waals surface area contributed by atoms with Crippen LogP contribution in [0, 0.1) is 13.8 Å². The first-order chi connectivity index (χ1) is 12.6. The fourth-order valence-corrected chi connectivity index (χ4v) is 2.68. The number of amides is 1. The summed E-state index contributed by atoms with van der Waals surface area (Å²) in [5.41, 5.74) is 3.39. The molecular formula is C21H22N2O3. The SMILES string of the molecule is CCOc1ccc(NC(=O)Cc2nc(-c3ccccc3C)oc2C)cc1. The minimum Gasteiger partial charge on any atom is -0.494 e. The molecule has 0 saturated carbocycles. The second-order valence-electron chi connectivity index (χ2n) is 6.02. The molecule has 1 heterocycles. The Morgan fingerprint density at radius 3 is 2.54 bits per heavy atom. The number of carbonyl (C=O) groups excluding carboxylic acids is 1. The molecule has 134 valence electrons. The van der Waals surface area contributed by atoms with Gasteiger partial charge >= 0.3 is 0 Å². The van der Waals surface area contributed by atoms with E-state index in [4.69, 9.17) is 9.15 Å². The Labute approximate surface area is 153 Å². The first-order valence-corrected chi connectivity index (χ1v) is 8.62. The summed E-state index contributed by atoms with van der Waals surface area (Å²) in [6, 6.07) is 15.2. The van der Waals surface area contributed by atoms with Crippen LogP contribution in [0.2, 0.25) is 0 Å². The highest BCUT2D eigenvalue weighted by Gasteiger charge is 2.16. The molecule has 0 bridgehead atoms. The Kier molecular flexibility index (Phi) is 5.37. The van der Waals surface area contributed by atoms with Gasteiger partial charge in [-0.1, -0.05) is 18.2 Å². The van der Waals surface area contributed by atoms with Crippen LogP contribution in [-0.2, 0) is 11.2 Å². The van der Waals surface area contributed by atoms with Crippen molar-refractivity contribution < 1.29 is 13.9 Å². The van der Waals surface area contributed by atoms with Crippen LogP contribution < -0.4 is 10.1 Å². The number of aryl methyl sites for hydroxylation is 2. The predicted octanol–water partition coefficient (Wildman–Crippen LogP) is 4.54. The van der Waals surface area contributed by atoms with Crippen LogP contribution in [0.15, 0.2) is 52.9 Å². The highest BCUT2D eigenvalue weighted by atomic mass is 16.5. The van der Waals surface area contributed by atoms with Gasteiger partial charge < -0.3 is 14.5 Å². The summed E-state index contributed by atoms with van der Waals surface area (Å²) in [7, 11) is 0. The summed E-state index contributed by atoms with van der Waals surface area (Å²) in [6.07, 6.45) is 0.161. The van der Waals surface area contributed by atoms with Gasteiger partial charge in [-0.25, -0.2) is 4.98 Å². The number of hydrogen-bond acceptors (Lipinski definition) is 4. The zero-order valence-electron chi connectivity index (χ0n) is 15.2. The maximum Gasteiger partial charge on any atom is 0.230 e. The van der Waals surface area contributed by atoms with Crippen molar-refractivity contribution in [2.75, 3.05) is 11.9 Å². The van der Waals surface area contributed by atoms with E-state index in [1.807, 2.05) is 69.3 Å². The molecule has 5 heteroatoms. The molecule has 0 aliphatic heterocycles. The van der Waals surface area contributed by atoms with Crippen molar-refractivity contribution in [3.8, 4) is 17.2 Å².